The van der Waals surface area contributed by atoms with Crippen LogP contribution in [0.4, 0.5) is 0 Å². The first-order valence-corrected chi connectivity index (χ1v) is 13.9. The zero-order valence-corrected chi connectivity index (χ0v) is 23.8. The Morgan fingerprint density at radius 1 is 0.744 bits per heavy atom. The molecule has 1 N–H and O–H groups in total. The van der Waals surface area contributed by atoms with Crippen LogP contribution in [-0.2, 0) is 22.1 Å². The van der Waals surface area contributed by atoms with Gasteiger partial charge in [-0.25, -0.2) is 0 Å². The number of hydrogen-bond donors (Lipinski definition) is 1. The van der Waals surface area contributed by atoms with Gasteiger partial charge < -0.3 is 33.0 Å². The topological polar surface area (TPSA) is 110 Å². The van der Waals surface area contributed by atoms with Gasteiger partial charge in [-0.2, -0.15) is 8.42 Å². The molecule has 1 aliphatic rings. The van der Waals surface area contributed by atoms with E-state index in [1.807, 2.05) is 6.92 Å². The van der Waals surface area contributed by atoms with Gasteiger partial charge >= 0.3 is 10.1 Å². The summed E-state index contributed by atoms with van der Waals surface area (Å²) < 4.78 is 60.3. The van der Waals surface area contributed by atoms with Gasteiger partial charge in [-0.3, -0.25) is 0 Å². The first-order valence-electron chi connectivity index (χ1n) is 12.5. The van der Waals surface area contributed by atoms with Crippen molar-refractivity contribution in [2.24, 2.45) is 0 Å². The average molecular weight is 559 g/mol. The molecule has 10 heteroatoms. The third-order valence-electron chi connectivity index (χ3n) is 7.03. The van der Waals surface area contributed by atoms with Crippen LogP contribution in [0.25, 0.3) is 0 Å². The van der Waals surface area contributed by atoms with E-state index in [0.717, 1.165) is 5.56 Å². The fraction of sp³-hybridized carbons (Fsp3) is 0.379. The standard InChI is InChI=1S/C29H34O9S/c1-18-10-12-20(13-11-18)39(31,32)38-26-21-9-7-8-14-29(30,22(21)17-25(35-4)28(26)37-6)19-15-23(33-2)27(36-5)24(16-19)34-3/h10-13,15-17,30H,7-9,14H2,1-6H3. The molecule has 1 unspecified atom stereocenters. The summed E-state index contributed by atoms with van der Waals surface area (Å²) in [4.78, 5) is 0.000216. The van der Waals surface area contributed by atoms with E-state index < -0.39 is 15.7 Å². The minimum atomic E-state index is -4.24. The molecule has 0 radical (unpaired) electrons. The number of hydrogen-bond acceptors (Lipinski definition) is 9. The van der Waals surface area contributed by atoms with Gasteiger partial charge in [-0.15, -0.1) is 0 Å². The molecule has 0 aliphatic heterocycles. The largest absolute Gasteiger partial charge is 0.493 e. The third kappa shape index (κ3) is 5.18. The molecule has 0 fully saturated rings. The summed E-state index contributed by atoms with van der Waals surface area (Å²) in [6.45, 7) is 1.87. The van der Waals surface area contributed by atoms with Crippen LogP contribution in [-0.4, -0.2) is 49.1 Å². The number of methoxy groups -OCH3 is 5. The Labute approximate surface area is 229 Å². The lowest BCUT2D eigenvalue weighted by molar-refractivity contribution is 0.0694. The Bertz CT molecular complexity index is 1420. The van der Waals surface area contributed by atoms with E-state index in [4.69, 9.17) is 27.9 Å². The highest BCUT2D eigenvalue weighted by Crippen LogP contribution is 2.52. The minimum absolute atomic E-state index is 0.000216. The number of rotatable bonds is 9. The minimum Gasteiger partial charge on any atom is -0.493 e. The average Bonchev–Trinajstić information content (AvgIpc) is 3.11. The fourth-order valence-electron chi connectivity index (χ4n) is 5.01. The predicted molar refractivity (Wildman–Crippen MR) is 145 cm³/mol. The smallest absolute Gasteiger partial charge is 0.339 e. The van der Waals surface area contributed by atoms with Gasteiger partial charge in [0.2, 0.25) is 11.5 Å². The first-order chi connectivity index (χ1) is 18.6. The van der Waals surface area contributed by atoms with Gasteiger partial charge in [-0.1, -0.05) is 17.7 Å². The number of aryl methyl sites for hydroxylation is 1. The maximum absolute atomic E-state index is 13.4. The van der Waals surface area contributed by atoms with Gasteiger partial charge in [-0.05, 0) is 74.1 Å². The van der Waals surface area contributed by atoms with E-state index in [2.05, 4.69) is 0 Å². The zero-order chi connectivity index (χ0) is 28.4. The summed E-state index contributed by atoms with van der Waals surface area (Å²) in [6.07, 6.45) is 2.12. The second kappa shape index (κ2) is 11.2. The molecule has 0 bridgehead atoms. The molecule has 3 aromatic carbocycles. The van der Waals surface area contributed by atoms with Crippen molar-refractivity contribution >= 4 is 10.1 Å². The van der Waals surface area contributed by atoms with E-state index in [1.54, 1.807) is 30.3 Å². The van der Waals surface area contributed by atoms with Crippen LogP contribution in [0.3, 0.4) is 0 Å². The van der Waals surface area contributed by atoms with Crippen LogP contribution in [0.5, 0.6) is 34.5 Å². The number of benzene rings is 3. The van der Waals surface area contributed by atoms with Gasteiger partial charge in [0, 0.05) is 5.56 Å². The molecule has 0 amide bonds. The molecular formula is C29H34O9S. The van der Waals surface area contributed by atoms with Crippen LogP contribution >= 0.6 is 0 Å². The van der Waals surface area contributed by atoms with Crippen LogP contribution in [0.2, 0.25) is 0 Å². The van der Waals surface area contributed by atoms with Gasteiger partial charge in [0.15, 0.2) is 23.0 Å². The molecule has 39 heavy (non-hydrogen) atoms. The Kier molecular flexibility index (Phi) is 8.17. The Hall–Kier alpha value is -3.63. The van der Waals surface area contributed by atoms with Gasteiger partial charge in [0.1, 0.15) is 10.5 Å². The summed E-state index contributed by atoms with van der Waals surface area (Å²) in [5.74, 6) is 1.48. The normalized spacial score (nSPS) is 17.0. The molecule has 210 valence electrons. The highest BCUT2D eigenvalue weighted by atomic mass is 32.2. The highest BCUT2D eigenvalue weighted by Gasteiger charge is 2.40. The van der Waals surface area contributed by atoms with Crippen molar-refractivity contribution in [3.05, 3.63) is 64.7 Å². The van der Waals surface area contributed by atoms with Gasteiger partial charge in [0.25, 0.3) is 0 Å². The van der Waals surface area contributed by atoms with Crippen molar-refractivity contribution in [2.45, 2.75) is 43.1 Å². The van der Waals surface area contributed by atoms with E-state index in [9.17, 15) is 13.5 Å². The third-order valence-corrected chi connectivity index (χ3v) is 8.27. The van der Waals surface area contributed by atoms with Crippen molar-refractivity contribution in [1.82, 2.24) is 0 Å². The fourth-order valence-corrected chi connectivity index (χ4v) is 5.97. The molecule has 1 aliphatic carbocycles. The molecule has 4 rings (SSSR count). The highest BCUT2D eigenvalue weighted by molar-refractivity contribution is 7.87. The van der Waals surface area contributed by atoms with Gasteiger partial charge in [0.05, 0.1) is 35.5 Å². The molecule has 0 aromatic heterocycles. The van der Waals surface area contributed by atoms with E-state index in [-0.39, 0.29) is 22.1 Å². The molecule has 0 saturated carbocycles. The second-order valence-corrected chi connectivity index (χ2v) is 10.8. The second-order valence-electron chi connectivity index (χ2n) is 9.30. The molecule has 3 aromatic rings. The van der Waals surface area contributed by atoms with Crippen molar-refractivity contribution in [2.75, 3.05) is 35.5 Å². The van der Waals surface area contributed by atoms with E-state index in [1.165, 1.54) is 47.7 Å². The first kappa shape index (κ1) is 28.4. The monoisotopic (exact) mass is 558 g/mol. The molecule has 0 heterocycles. The van der Waals surface area contributed by atoms with Crippen LogP contribution in [0.15, 0.2) is 47.4 Å². The molecule has 0 spiro atoms. The maximum atomic E-state index is 13.4. The molecule has 9 nitrogen and oxygen atoms in total. The zero-order valence-electron chi connectivity index (χ0n) is 23.0. The maximum Gasteiger partial charge on any atom is 0.339 e. The molecular weight excluding hydrogens is 524 g/mol. The quantitative estimate of drug-likeness (QED) is 0.293. The Balaban J connectivity index is 1.98. The van der Waals surface area contributed by atoms with Crippen molar-refractivity contribution in [3.63, 3.8) is 0 Å². The molecule has 1 atom stereocenters. The Morgan fingerprint density at radius 3 is 1.85 bits per heavy atom. The van der Waals surface area contributed by atoms with Crippen molar-refractivity contribution in [3.8, 4) is 34.5 Å². The Morgan fingerprint density at radius 2 is 1.31 bits per heavy atom. The lowest BCUT2D eigenvalue weighted by atomic mass is 9.81. The number of aliphatic hydroxyl groups is 1. The van der Waals surface area contributed by atoms with E-state index >= 15 is 0 Å². The summed E-state index contributed by atoms with van der Waals surface area (Å²) in [5, 5.41) is 12.4. The van der Waals surface area contributed by atoms with Crippen molar-refractivity contribution in [1.29, 1.82) is 0 Å². The van der Waals surface area contributed by atoms with Crippen LogP contribution in [0, 0.1) is 6.92 Å². The summed E-state index contributed by atoms with van der Waals surface area (Å²) in [7, 11) is 3.13. The lowest BCUT2D eigenvalue weighted by Gasteiger charge is -2.32. The lowest BCUT2D eigenvalue weighted by Crippen LogP contribution is -2.28. The summed E-state index contributed by atoms with van der Waals surface area (Å²) in [5.41, 5.74) is 0.791. The number of fused-ring (bicyclic) bond motifs is 1. The molecule has 0 saturated heterocycles. The van der Waals surface area contributed by atoms with E-state index in [0.29, 0.717) is 59.6 Å². The number of ether oxygens (including phenoxy) is 5. The SMILES string of the molecule is COc1cc(C2(O)CCCCc3c2cc(OC)c(OC)c3OS(=O)(=O)c2ccc(C)cc2)cc(OC)c1OC. The van der Waals surface area contributed by atoms with Crippen LogP contribution < -0.4 is 27.9 Å². The van der Waals surface area contributed by atoms with Crippen molar-refractivity contribution < 1.29 is 41.4 Å². The van der Waals surface area contributed by atoms with Crippen LogP contribution in [0.1, 0.15) is 41.5 Å². The predicted octanol–water partition coefficient (Wildman–Crippen LogP) is 4.77. The summed E-state index contributed by atoms with van der Waals surface area (Å²) in [6, 6.07) is 11.4. The summed E-state index contributed by atoms with van der Waals surface area (Å²) >= 11 is 0.